The van der Waals surface area contributed by atoms with E-state index in [4.69, 9.17) is 9.26 Å². The van der Waals surface area contributed by atoms with Crippen LogP contribution >= 0.6 is 0 Å². The lowest BCUT2D eigenvalue weighted by Crippen LogP contribution is -2.27. The van der Waals surface area contributed by atoms with Crippen LogP contribution < -0.4 is 5.56 Å². The third-order valence-corrected chi connectivity index (χ3v) is 3.12. The van der Waals surface area contributed by atoms with Gasteiger partial charge in [-0.2, -0.15) is 4.98 Å². The Morgan fingerprint density at radius 1 is 1.38 bits per heavy atom. The molecule has 112 valence electrons. The summed E-state index contributed by atoms with van der Waals surface area (Å²) in [6.07, 6.45) is 0. The molecule has 7 heteroatoms. The molecule has 0 atom stereocenters. The van der Waals surface area contributed by atoms with Crippen molar-refractivity contribution < 1.29 is 14.1 Å². The predicted octanol–water partition coefficient (Wildman–Crippen LogP) is 1.38. The molecule has 0 fully saturated rings. The Labute approximate surface area is 121 Å². The molecular formula is C14H17N3O4. The summed E-state index contributed by atoms with van der Waals surface area (Å²) in [6, 6.07) is 1.41. The normalized spacial score (nSPS) is 10.7. The SMILES string of the molecule is CCOC(=O)c1c(C)cc(=O)n(Cc2noc(C)n2)c1C. The Hall–Kier alpha value is -2.44. The molecule has 7 nitrogen and oxygen atoms in total. The average molecular weight is 291 g/mol. The van der Waals surface area contributed by atoms with Gasteiger partial charge in [-0.25, -0.2) is 4.79 Å². The molecule has 0 aliphatic carbocycles. The van der Waals surface area contributed by atoms with Crippen LogP contribution in [0.5, 0.6) is 0 Å². The largest absolute Gasteiger partial charge is 0.462 e. The van der Waals surface area contributed by atoms with Gasteiger partial charge in [0.2, 0.25) is 5.89 Å². The van der Waals surface area contributed by atoms with E-state index in [1.165, 1.54) is 10.6 Å². The molecule has 2 aromatic heterocycles. The fourth-order valence-corrected chi connectivity index (χ4v) is 2.18. The molecule has 2 rings (SSSR count). The first-order chi connectivity index (χ1) is 9.93. The van der Waals surface area contributed by atoms with E-state index in [9.17, 15) is 9.59 Å². The molecule has 0 saturated carbocycles. The van der Waals surface area contributed by atoms with Crippen LogP contribution in [0.4, 0.5) is 0 Å². The van der Waals surface area contributed by atoms with E-state index in [2.05, 4.69) is 10.1 Å². The van der Waals surface area contributed by atoms with Crippen LogP contribution in [-0.2, 0) is 11.3 Å². The Bertz CT molecular complexity index is 730. The van der Waals surface area contributed by atoms with Crippen LogP contribution in [0.1, 0.15) is 40.3 Å². The Balaban J connectivity index is 2.48. The van der Waals surface area contributed by atoms with E-state index in [1.54, 1.807) is 27.7 Å². The predicted molar refractivity (Wildman–Crippen MR) is 74.3 cm³/mol. The molecule has 21 heavy (non-hydrogen) atoms. The molecule has 0 spiro atoms. The van der Waals surface area contributed by atoms with Crippen LogP contribution in [0.25, 0.3) is 0 Å². The first-order valence-corrected chi connectivity index (χ1v) is 6.61. The molecule has 2 aromatic rings. The first-order valence-electron chi connectivity index (χ1n) is 6.61. The number of ether oxygens (including phenoxy) is 1. The van der Waals surface area contributed by atoms with Crippen molar-refractivity contribution in [3.63, 3.8) is 0 Å². The van der Waals surface area contributed by atoms with Gasteiger partial charge in [0.25, 0.3) is 5.56 Å². The van der Waals surface area contributed by atoms with E-state index >= 15 is 0 Å². The molecule has 0 aliphatic rings. The van der Waals surface area contributed by atoms with E-state index in [0.29, 0.717) is 28.5 Å². The second kappa shape index (κ2) is 5.90. The van der Waals surface area contributed by atoms with Gasteiger partial charge in [0.1, 0.15) is 0 Å². The standard InChI is InChI=1S/C14H17N3O4/c1-5-20-14(19)13-8(2)6-12(18)17(9(13)3)7-11-15-10(4)21-16-11/h6H,5,7H2,1-4H3. The second-order valence-corrected chi connectivity index (χ2v) is 4.66. The topological polar surface area (TPSA) is 87.2 Å². The third-order valence-electron chi connectivity index (χ3n) is 3.12. The highest BCUT2D eigenvalue weighted by molar-refractivity contribution is 5.92. The number of aromatic nitrogens is 3. The fourth-order valence-electron chi connectivity index (χ4n) is 2.18. The van der Waals surface area contributed by atoms with Crippen LogP contribution in [-0.4, -0.2) is 27.3 Å². The van der Waals surface area contributed by atoms with Crippen LogP contribution in [0.15, 0.2) is 15.4 Å². The Morgan fingerprint density at radius 3 is 2.67 bits per heavy atom. The smallest absolute Gasteiger partial charge is 0.340 e. The first kappa shape index (κ1) is 15.0. The number of carbonyl (C=O) groups is 1. The number of esters is 1. The number of carbonyl (C=O) groups excluding carboxylic acids is 1. The number of aryl methyl sites for hydroxylation is 2. The van der Waals surface area contributed by atoms with E-state index in [1.807, 2.05) is 0 Å². The summed E-state index contributed by atoms with van der Waals surface area (Å²) in [5.41, 5.74) is 1.30. The fraction of sp³-hybridized carbons (Fsp3) is 0.429. The van der Waals surface area contributed by atoms with Gasteiger partial charge in [-0.3, -0.25) is 4.79 Å². The molecule has 0 aliphatic heterocycles. The number of nitrogens with zero attached hydrogens (tertiary/aromatic N) is 3. The third kappa shape index (κ3) is 3.01. The zero-order valence-electron chi connectivity index (χ0n) is 12.5. The van der Waals surface area contributed by atoms with Gasteiger partial charge < -0.3 is 13.8 Å². The Kier molecular flexibility index (Phi) is 4.21. The minimum atomic E-state index is -0.439. The minimum absolute atomic E-state index is 0.148. The highest BCUT2D eigenvalue weighted by Crippen LogP contribution is 2.14. The lowest BCUT2D eigenvalue weighted by Gasteiger charge is -2.14. The van der Waals surface area contributed by atoms with Crippen molar-refractivity contribution >= 4 is 5.97 Å². The summed E-state index contributed by atoms with van der Waals surface area (Å²) in [5.74, 6) is 0.371. The van der Waals surface area contributed by atoms with Crippen molar-refractivity contribution in [3.8, 4) is 0 Å². The lowest BCUT2D eigenvalue weighted by molar-refractivity contribution is 0.0523. The summed E-state index contributed by atoms with van der Waals surface area (Å²) < 4.78 is 11.4. The molecule has 2 heterocycles. The van der Waals surface area contributed by atoms with Crippen molar-refractivity contribution in [2.75, 3.05) is 6.61 Å². The van der Waals surface area contributed by atoms with Gasteiger partial charge in [-0.05, 0) is 26.3 Å². The number of rotatable bonds is 4. The van der Waals surface area contributed by atoms with Gasteiger partial charge in [-0.15, -0.1) is 0 Å². The van der Waals surface area contributed by atoms with Crippen molar-refractivity contribution in [1.82, 2.24) is 14.7 Å². The van der Waals surface area contributed by atoms with Gasteiger partial charge in [0.05, 0.1) is 18.7 Å². The van der Waals surface area contributed by atoms with Crippen molar-refractivity contribution in [2.45, 2.75) is 34.2 Å². The Morgan fingerprint density at radius 2 is 2.10 bits per heavy atom. The summed E-state index contributed by atoms with van der Waals surface area (Å²) in [6.45, 7) is 7.25. The number of hydrogen-bond donors (Lipinski definition) is 0. The maximum Gasteiger partial charge on any atom is 0.340 e. The summed E-state index contributed by atoms with van der Waals surface area (Å²) >= 11 is 0. The van der Waals surface area contributed by atoms with E-state index in [0.717, 1.165) is 0 Å². The van der Waals surface area contributed by atoms with Gasteiger partial charge in [-0.1, -0.05) is 5.16 Å². The monoisotopic (exact) mass is 291 g/mol. The molecule has 0 bridgehead atoms. The molecule has 0 N–H and O–H groups in total. The summed E-state index contributed by atoms with van der Waals surface area (Å²) in [5, 5.41) is 3.76. The van der Waals surface area contributed by atoms with Crippen molar-refractivity contribution in [1.29, 1.82) is 0 Å². The second-order valence-electron chi connectivity index (χ2n) is 4.66. The van der Waals surface area contributed by atoms with Crippen LogP contribution in [0.3, 0.4) is 0 Å². The molecule has 0 radical (unpaired) electrons. The van der Waals surface area contributed by atoms with Crippen molar-refractivity contribution in [2.24, 2.45) is 0 Å². The van der Waals surface area contributed by atoms with E-state index < -0.39 is 5.97 Å². The maximum atomic E-state index is 12.1. The highest BCUT2D eigenvalue weighted by atomic mass is 16.5. The summed E-state index contributed by atoms with van der Waals surface area (Å²) in [7, 11) is 0. The quantitative estimate of drug-likeness (QED) is 0.791. The lowest BCUT2D eigenvalue weighted by atomic mass is 10.1. The maximum absolute atomic E-state index is 12.1. The highest BCUT2D eigenvalue weighted by Gasteiger charge is 2.18. The molecule has 0 saturated heterocycles. The van der Waals surface area contributed by atoms with Gasteiger partial charge in [0.15, 0.2) is 5.82 Å². The minimum Gasteiger partial charge on any atom is -0.462 e. The van der Waals surface area contributed by atoms with Gasteiger partial charge in [0, 0.05) is 18.7 Å². The molecule has 0 amide bonds. The number of pyridine rings is 1. The molecule has 0 aromatic carbocycles. The van der Waals surface area contributed by atoms with Crippen LogP contribution in [0.2, 0.25) is 0 Å². The van der Waals surface area contributed by atoms with Crippen molar-refractivity contribution in [3.05, 3.63) is 45.0 Å². The molecular weight excluding hydrogens is 274 g/mol. The summed E-state index contributed by atoms with van der Waals surface area (Å²) in [4.78, 5) is 28.2. The zero-order valence-corrected chi connectivity index (χ0v) is 12.5. The zero-order chi connectivity index (χ0) is 15.6. The van der Waals surface area contributed by atoms with E-state index in [-0.39, 0.29) is 18.7 Å². The average Bonchev–Trinajstić information content (AvgIpc) is 2.80. The van der Waals surface area contributed by atoms with Gasteiger partial charge >= 0.3 is 5.97 Å². The van der Waals surface area contributed by atoms with Crippen LogP contribution in [0, 0.1) is 20.8 Å². The molecule has 0 unspecified atom stereocenters. The number of hydrogen-bond acceptors (Lipinski definition) is 6.